The van der Waals surface area contributed by atoms with Crippen molar-refractivity contribution in [3.8, 4) is 45.9 Å². The molecule has 0 unspecified atom stereocenters. The van der Waals surface area contributed by atoms with Gasteiger partial charge in [0.25, 0.3) is 0 Å². The minimum absolute atomic E-state index is 0.404. The van der Waals surface area contributed by atoms with Crippen molar-refractivity contribution in [3.05, 3.63) is 33.4 Å². The standard InChI is InChI=1S/C56H96O3Si4/c1-27-58-56(59-28-2)55-53(32-36-63(47(21)22,48(23)24)49(25)26)51(30-34-61(41(9)10,42(11)12)43(13)14)50(29-33-60(38(3)4,39(5)6)40(7)8)52(54(55)37-57)31-35-62(44(15)16,45(17)18)46(19)20/h37-49,56H,27-28H2,1-26H3. The summed E-state index contributed by atoms with van der Waals surface area (Å²) in [6.07, 6.45) is 0.174. The Bertz CT molecular complexity index is 1820. The van der Waals surface area contributed by atoms with Crippen LogP contribution in [0.1, 0.15) is 224 Å². The third-order valence-corrected chi connectivity index (χ3v) is 40.8. The highest BCUT2D eigenvalue weighted by Gasteiger charge is 2.45. The summed E-state index contributed by atoms with van der Waals surface area (Å²) in [5.41, 5.74) is 25.5. The van der Waals surface area contributed by atoms with Crippen LogP contribution in [-0.2, 0) is 9.47 Å². The molecule has 0 aliphatic rings. The molecule has 1 aromatic rings. The van der Waals surface area contributed by atoms with Crippen molar-refractivity contribution >= 4 is 38.6 Å². The Morgan fingerprint density at radius 3 is 0.778 bits per heavy atom. The lowest BCUT2D eigenvalue weighted by atomic mass is 9.87. The SMILES string of the molecule is CCOC(OCC)c1c(C#C[Si](C(C)C)(C(C)C)C(C)C)c(C#C[Si](C(C)C)(C(C)C)C(C)C)c(C#C[Si](C(C)C)(C(C)C)C(C)C)c(C#C[Si](C(C)C)(C(C)C)C(C)C)c1C=O. The zero-order chi connectivity index (χ0) is 49.2. The average Bonchev–Trinajstić information content (AvgIpc) is 3.14. The lowest BCUT2D eigenvalue weighted by molar-refractivity contribution is -0.140. The number of aldehydes is 1. The molecule has 0 aliphatic carbocycles. The number of benzene rings is 1. The monoisotopic (exact) mass is 929 g/mol. The van der Waals surface area contributed by atoms with Crippen molar-refractivity contribution in [2.75, 3.05) is 13.2 Å². The second-order valence-electron chi connectivity index (χ2n) is 22.3. The predicted molar refractivity (Wildman–Crippen MR) is 290 cm³/mol. The molecule has 0 aliphatic heterocycles. The molecule has 0 amide bonds. The molecular weight excluding hydrogens is 833 g/mol. The van der Waals surface area contributed by atoms with E-state index in [0.29, 0.717) is 96.4 Å². The van der Waals surface area contributed by atoms with Crippen LogP contribution in [0.25, 0.3) is 0 Å². The fourth-order valence-electron chi connectivity index (χ4n) is 12.6. The summed E-state index contributed by atoms with van der Waals surface area (Å²) in [6.45, 7) is 61.4. The summed E-state index contributed by atoms with van der Waals surface area (Å²) in [5.74, 6) is 15.8. The molecule has 7 heteroatoms. The van der Waals surface area contributed by atoms with Gasteiger partial charge in [-0.3, -0.25) is 4.79 Å². The van der Waals surface area contributed by atoms with Crippen LogP contribution >= 0.6 is 0 Å². The molecule has 63 heavy (non-hydrogen) atoms. The Morgan fingerprint density at radius 1 is 0.365 bits per heavy atom. The molecular formula is C56H96O3Si4. The van der Waals surface area contributed by atoms with Crippen LogP contribution in [0.2, 0.25) is 66.5 Å². The fraction of sp³-hybridized carbons (Fsp3) is 0.732. The van der Waals surface area contributed by atoms with E-state index in [1.807, 2.05) is 13.8 Å². The molecule has 0 saturated heterocycles. The van der Waals surface area contributed by atoms with Gasteiger partial charge < -0.3 is 9.47 Å². The molecule has 0 radical (unpaired) electrons. The van der Waals surface area contributed by atoms with Crippen LogP contribution in [-0.4, -0.2) is 51.8 Å². The maximum atomic E-state index is 14.3. The third-order valence-electron chi connectivity index (χ3n) is 15.6. The zero-order valence-corrected chi connectivity index (χ0v) is 49.7. The highest BCUT2D eigenvalue weighted by Crippen LogP contribution is 2.45. The molecule has 0 bridgehead atoms. The van der Waals surface area contributed by atoms with Gasteiger partial charge in [0.05, 0.1) is 16.7 Å². The number of hydrogen-bond donors (Lipinski definition) is 0. The van der Waals surface area contributed by atoms with Gasteiger partial charge in [-0.25, -0.2) is 0 Å². The molecule has 0 aromatic heterocycles. The van der Waals surface area contributed by atoms with Crippen LogP contribution in [0.4, 0.5) is 0 Å². The smallest absolute Gasteiger partial charge is 0.185 e. The second-order valence-corrected chi connectivity index (χ2v) is 44.6. The van der Waals surface area contributed by atoms with Gasteiger partial charge in [0.15, 0.2) is 12.6 Å². The summed E-state index contributed by atoms with van der Waals surface area (Å²) < 4.78 is 13.1. The molecule has 1 aromatic carbocycles. The van der Waals surface area contributed by atoms with Gasteiger partial charge in [0.2, 0.25) is 0 Å². The number of rotatable bonds is 18. The molecule has 354 valence electrons. The lowest BCUT2D eigenvalue weighted by Gasteiger charge is -2.38. The van der Waals surface area contributed by atoms with Gasteiger partial charge in [-0.2, -0.15) is 0 Å². The zero-order valence-electron chi connectivity index (χ0n) is 45.7. The fourth-order valence-corrected chi connectivity index (χ4v) is 33.4. The maximum absolute atomic E-state index is 14.3. The molecule has 0 N–H and O–H groups in total. The van der Waals surface area contributed by atoms with Gasteiger partial charge in [-0.1, -0.05) is 190 Å². The Hall–Kier alpha value is -2.08. The summed E-state index contributed by atoms with van der Waals surface area (Å²) in [5, 5.41) is 0. The molecule has 0 fully saturated rings. The van der Waals surface area contributed by atoms with E-state index in [9.17, 15) is 4.79 Å². The van der Waals surface area contributed by atoms with E-state index < -0.39 is 38.6 Å². The summed E-state index contributed by atoms with van der Waals surface area (Å²) in [4.78, 5) is 14.3. The number of hydrogen-bond acceptors (Lipinski definition) is 3. The predicted octanol–water partition coefficient (Wildman–Crippen LogP) is 16.8. The quantitative estimate of drug-likeness (QED) is 0.0637. The number of carbonyl (C=O) groups is 1. The van der Waals surface area contributed by atoms with E-state index in [1.54, 1.807) is 0 Å². The van der Waals surface area contributed by atoms with Gasteiger partial charge in [-0.05, 0) is 80.3 Å². The maximum Gasteiger partial charge on any atom is 0.185 e. The van der Waals surface area contributed by atoms with E-state index in [1.165, 1.54) is 0 Å². The summed E-state index contributed by atoms with van der Waals surface area (Å²) in [6, 6.07) is 0. The topological polar surface area (TPSA) is 35.5 Å². The normalized spacial score (nSPS) is 13.0. The minimum atomic E-state index is -2.29. The summed E-state index contributed by atoms with van der Waals surface area (Å²) >= 11 is 0. The van der Waals surface area contributed by atoms with Gasteiger partial charge in [0, 0.05) is 29.9 Å². The van der Waals surface area contributed by atoms with Crippen molar-refractivity contribution in [3.63, 3.8) is 0 Å². The van der Waals surface area contributed by atoms with Crippen molar-refractivity contribution in [1.29, 1.82) is 0 Å². The van der Waals surface area contributed by atoms with Crippen molar-refractivity contribution in [1.82, 2.24) is 0 Å². The molecule has 3 nitrogen and oxygen atoms in total. The number of carbonyl (C=O) groups excluding carboxylic acids is 1. The highest BCUT2D eigenvalue weighted by molar-refractivity contribution is 6.92. The van der Waals surface area contributed by atoms with Gasteiger partial charge in [0.1, 0.15) is 32.3 Å². The van der Waals surface area contributed by atoms with E-state index in [4.69, 9.17) is 9.47 Å². The first-order valence-corrected chi connectivity index (χ1v) is 34.0. The molecule has 1 rings (SSSR count). The second kappa shape index (κ2) is 24.6. The van der Waals surface area contributed by atoms with Crippen molar-refractivity contribution in [2.24, 2.45) is 0 Å². The Kier molecular flexibility index (Phi) is 23.0. The van der Waals surface area contributed by atoms with Crippen LogP contribution < -0.4 is 0 Å². The lowest BCUT2D eigenvalue weighted by Crippen LogP contribution is -2.43. The van der Waals surface area contributed by atoms with E-state index >= 15 is 0 Å². The van der Waals surface area contributed by atoms with Crippen LogP contribution in [0.3, 0.4) is 0 Å². The largest absolute Gasteiger partial charge is 0.349 e. The Labute approximate surface area is 396 Å². The van der Waals surface area contributed by atoms with Gasteiger partial charge >= 0.3 is 0 Å². The first-order chi connectivity index (χ1) is 29.0. The minimum Gasteiger partial charge on any atom is -0.349 e. The van der Waals surface area contributed by atoms with E-state index in [2.05, 4.69) is 212 Å². The highest BCUT2D eigenvalue weighted by atomic mass is 28.3. The molecule has 0 atom stereocenters. The summed E-state index contributed by atoms with van der Waals surface area (Å²) in [7, 11) is -9.16. The van der Waals surface area contributed by atoms with Crippen LogP contribution in [0, 0.1) is 45.9 Å². The Morgan fingerprint density at radius 2 is 0.571 bits per heavy atom. The molecule has 0 spiro atoms. The molecule has 0 saturated carbocycles. The van der Waals surface area contributed by atoms with Crippen LogP contribution in [0.15, 0.2) is 0 Å². The van der Waals surface area contributed by atoms with Crippen molar-refractivity contribution in [2.45, 2.75) is 253 Å². The number of ether oxygens (including phenoxy) is 2. The third kappa shape index (κ3) is 11.9. The van der Waals surface area contributed by atoms with E-state index in [0.717, 1.165) is 23.0 Å². The Balaban J connectivity index is 5.71. The molecule has 0 heterocycles. The van der Waals surface area contributed by atoms with Crippen LogP contribution in [0.5, 0.6) is 0 Å². The van der Waals surface area contributed by atoms with Gasteiger partial charge in [-0.15, -0.1) is 22.2 Å². The first kappa shape index (κ1) is 58.9. The van der Waals surface area contributed by atoms with Crippen molar-refractivity contribution < 1.29 is 14.3 Å². The van der Waals surface area contributed by atoms with E-state index in [-0.39, 0.29) is 0 Å². The average molecular weight is 930 g/mol. The first-order valence-electron chi connectivity index (χ1n) is 25.1.